The van der Waals surface area contributed by atoms with E-state index in [1.165, 1.54) is 12.8 Å². The second-order valence-electron chi connectivity index (χ2n) is 8.05. The molecule has 2 aliphatic rings. The maximum Gasteiger partial charge on any atom is 0.121 e. The third-order valence-corrected chi connectivity index (χ3v) is 6.10. The molecule has 2 saturated heterocycles. The average molecular weight is 367 g/mol. The topological polar surface area (TPSA) is 39.5 Å². The molecule has 5 heteroatoms. The molecule has 144 valence electrons. The van der Waals surface area contributed by atoms with Gasteiger partial charge in [0.15, 0.2) is 0 Å². The predicted molar refractivity (Wildman–Crippen MR) is 107 cm³/mol. The van der Waals surface area contributed by atoms with Crippen LogP contribution in [0.15, 0.2) is 24.4 Å². The first-order valence-electron chi connectivity index (χ1n) is 9.98. The van der Waals surface area contributed by atoms with E-state index >= 15 is 0 Å². The van der Waals surface area contributed by atoms with E-state index in [0.29, 0.717) is 30.7 Å². The normalized spacial score (nSPS) is 26.2. The number of aromatic nitrogens is 2. The van der Waals surface area contributed by atoms with Gasteiger partial charge in [0.2, 0.25) is 0 Å². The van der Waals surface area contributed by atoms with Crippen LogP contribution in [0.2, 0.25) is 0 Å². The van der Waals surface area contributed by atoms with Gasteiger partial charge in [-0.25, -0.2) is 0 Å². The van der Waals surface area contributed by atoms with Gasteiger partial charge in [-0.3, -0.25) is 9.58 Å². The van der Waals surface area contributed by atoms with Gasteiger partial charge in [-0.2, -0.15) is 5.10 Å². The van der Waals surface area contributed by atoms with E-state index in [1.54, 1.807) is 7.11 Å². The van der Waals surface area contributed by atoms with E-state index in [1.807, 2.05) is 12.3 Å². The maximum atomic E-state index is 5.83. The van der Waals surface area contributed by atoms with Crippen molar-refractivity contribution < 1.29 is 9.47 Å². The van der Waals surface area contributed by atoms with Crippen molar-refractivity contribution in [2.24, 2.45) is 5.92 Å². The number of rotatable bonds is 7. The summed E-state index contributed by atoms with van der Waals surface area (Å²) < 4.78 is 13.3. The Labute approximate surface area is 161 Å². The number of piperidine rings is 1. The highest BCUT2D eigenvalue weighted by Crippen LogP contribution is 2.37. The standard InChI is InChI=1S/C22H29N3O2/c1-4-9-27-21-10-18-6-7-19(11-21)24(18)14-16(2)15-25-22-12-20(26-3)8-5-17(22)13-23-25/h1,5,8,12-13,16,18-19,21H,6-7,9-11,14-15H2,2-3H3/t16-,18-,19-/m1/s1. The molecule has 3 atom stereocenters. The molecule has 27 heavy (non-hydrogen) atoms. The van der Waals surface area contributed by atoms with Gasteiger partial charge in [-0.15, -0.1) is 6.42 Å². The molecule has 1 aromatic carbocycles. The summed E-state index contributed by atoms with van der Waals surface area (Å²) in [6, 6.07) is 7.42. The zero-order valence-electron chi connectivity index (χ0n) is 16.3. The van der Waals surface area contributed by atoms with Gasteiger partial charge >= 0.3 is 0 Å². The van der Waals surface area contributed by atoms with Crippen LogP contribution in [-0.2, 0) is 11.3 Å². The number of terminal acetylenes is 1. The van der Waals surface area contributed by atoms with Crippen LogP contribution in [0.25, 0.3) is 10.9 Å². The first-order valence-corrected chi connectivity index (χ1v) is 9.98. The molecule has 5 nitrogen and oxygen atoms in total. The zero-order valence-corrected chi connectivity index (χ0v) is 16.3. The Kier molecular flexibility index (Phi) is 5.38. The summed E-state index contributed by atoms with van der Waals surface area (Å²) in [7, 11) is 1.71. The summed E-state index contributed by atoms with van der Waals surface area (Å²) in [5, 5.41) is 5.77. The minimum atomic E-state index is 0.340. The van der Waals surface area contributed by atoms with Crippen molar-refractivity contribution in [3.63, 3.8) is 0 Å². The number of ether oxygens (including phenoxy) is 2. The lowest BCUT2D eigenvalue weighted by atomic mass is 9.98. The highest BCUT2D eigenvalue weighted by molar-refractivity contribution is 5.80. The van der Waals surface area contributed by atoms with Crippen molar-refractivity contribution in [3.8, 4) is 18.1 Å². The summed E-state index contributed by atoms with van der Waals surface area (Å²) in [4.78, 5) is 2.71. The Bertz CT molecular complexity index is 811. The number of hydrogen-bond acceptors (Lipinski definition) is 4. The molecule has 0 N–H and O–H groups in total. The Morgan fingerprint density at radius 3 is 2.74 bits per heavy atom. The summed E-state index contributed by atoms with van der Waals surface area (Å²) in [5.41, 5.74) is 1.14. The fraction of sp³-hybridized carbons (Fsp3) is 0.591. The number of nitrogens with zero attached hydrogens (tertiary/aromatic N) is 3. The molecule has 0 amide bonds. The molecule has 2 aromatic rings. The van der Waals surface area contributed by atoms with Crippen molar-refractivity contribution in [2.45, 2.75) is 57.3 Å². The summed E-state index contributed by atoms with van der Waals surface area (Å²) in [6.07, 6.45) is 12.4. The van der Waals surface area contributed by atoms with E-state index in [0.717, 1.165) is 42.6 Å². The van der Waals surface area contributed by atoms with Gasteiger partial charge < -0.3 is 9.47 Å². The number of fused-ring (bicyclic) bond motifs is 3. The SMILES string of the molecule is C#CCOC1C[C@H]2CC[C@H](C1)N2C[C@@H](C)Cn1ncc2ccc(OC)cc21. The fourth-order valence-electron chi connectivity index (χ4n) is 4.86. The summed E-state index contributed by atoms with van der Waals surface area (Å²) in [6.45, 7) is 4.80. The molecular formula is C22H29N3O2. The van der Waals surface area contributed by atoms with Crippen LogP contribution in [0.1, 0.15) is 32.6 Å². The third-order valence-electron chi connectivity index (χ3n) is 6.10. The van der Waals surface area contributed by atoms with Crippen LogP contribution in [0, 0.1) is 18.3 Å². The highest BCUT2D eigenvalue weighted by atomic mass is 16.5. The predicted octanol–water partition coefficient (Wildman–Crippen LogP) is 3.33. The van der Waals surface area contributed by atoms with Crippen LogP contribution in [0.4, 0.5) is 0 Å². The third kappa shape index (κ3) is 3.83. The molecule has 4 rings (SSSR count). The number of hydrogen-bond donors (Lipinski definition) is 0. The van der Waals surface area contributed by atoms with Gasteiger partial charge in [0, 0.05) is 36.6 Å². The van der Waals surface area contributed by atoms with E-state index < -0.39 is 0 Å². The number of benzene rings is 1. The first kappa shape index (κ1) is 18.3. The second kappa shape index (κ2) is 7.92. The minimum absolute atomic E-state index is 0.340. The molecule has 3 heterocycles. The Morgan fingerprint density at radius 2 is 2.04 bits per heavy atom. The molecular weight excluding hydrogens is 338 g/mol. The van der Waals surface area contributed by atoms with Crippen LogP contribution < -0.4 is 4.74 Å². The summed E-state index contributed by atoms with van der Waals surface area (Å²) >= 11 is 0. The molecule has 2 aliphatic heterocycles. The van der Waals surface area contributed by atoms with Crippen molar-refractivity contribution in [1.82, 2.24) is 14.7 Å². The lowest BCUT2D eigenvalue weighted by molar-refractivity contribution is -0.0117. The van der Waals surface area contributed by atoms with Gasteiger partial charge in [0.1, 0.15) is 12.4 Å². The van der Waals surface area contributed by atoms with E-state index in [-0.39, 0.29) is 0 Å². The van der Waals surface area contributed by atoms with Crippen LogP contribution in [0.3, 0.4) is 0 Å². The average Bonchev–Trinajstić information content (AvgIpc) is 3.16. The quantitative estimate of drug-likeness (QED) is 0.704. The van der Waals surface area contributed by atoms with E-state index in [4.69, 9.17) is 15.9 Å². The Morgan fingerprint density at radius 1 is 1.26 bits per heavy atom. The van der Waals surface area contributed by atoms with Gasteiger partial charge in [0.05, 0.1) is 24.9 Å². The summed E-state index contributed by atoms with van der Waals surface area (Å²) in [5.74, 6) is 4.01. The smallest absolute Gasteiger partial charge is 0.121 e. The van der Waals surface area contributed by atoms with Crippen LogP contribution >= 0.6 is 0 Å². The van der Waals surface area contributed by atoms with Crippen LogP contribution in [-0.4, -0.2) is 53.1 Å². The van der Waals surface area contributed by atoms with Crippen molar-refractivity contribution in [2.75, 3.05) is 20.3 Å². The van der Waals surface area contributed by atoms with Crippen LogP contribution in [0.5, 0.6) is 5.75 Å². The lowest BCUT2D eigenvalue weighted by Gasteiger charge is -2.40. The van der Waals surface area contributed by atoms with Crippen molar-refractivity contribution in [1.29, 1.82) is 0 Å². The molecule has 0 spiro atoms. The number of methoxy groups -OCH3 is 1. The molecule has 2 bridgehead atoms. The van der Waals surface area contributed by atoms with Crippen molar-refractivity contribution >= 4 is 10.9 Å². The van der Waals surface area contributed by atoms with E-state index in [9.17, 15) is 0 Å². The Balaban J connectivity index is 1.39. The van der Waals surface area contributed by atoms with Gasteiger partial charge in [-0.05, 0) is 43.7 Å². The largest absolute Gasteiger partial charge is 0.497 e. The fourth-order valence-corrected chi connectivity index (χ4v) is 4.86. The minimum Gasteiger partial charge on any atom is -0.497 e. The molecule has 1 aromatic heterocycles. The second-order valence-corrected chi connectivity index (χ2v) is 8.05. The first-order chi connectivity index (χ1) is 13.2. The Hall–Kier alpha value is -2.03. The molecule has 0 saturated carbocycles. The maximum absolute atomic E-state index is 5.83. The monoisotopic (exact) mass is 367 g/mol. The highest BCUT2D eigenvalue weighted by Gasteiger charge is 2.41. The van der Waals surface area contributed by atoms with E-state index in [2.05, 4.69) is 39.7 Å². The lowest BCUT2D eigenvalue weighted by Crippen LogP contribution is -2.47. The molecule has 0 aliphatic carbocycles. The zero-order chi connectivity index (χ0) is 18.8. The van der Waals surface area contributed by atoms with Gasteiger partial charge in [0.25, 0.3) is 0 Å². The molecule has 0 unspecified atom stereocenters. The van der Waals surface area contributed by atoms with Crippen molar-refractivity contribution in [3.05, 3.63) is 24.4 Å². The molecule has 2 fully saturated rings. The van der Waals surface area contributed by atoms with Gasteiger partial charge in [-0.1, -0.05) is 12.8 Å². The molecule has 0 radical (unpaired) electrons.